The molecular formula is C19H21ClN2O5S2. The Morgan fingerprint density at radius 1 is 1.21 bits per heavy atom. The molecular weight excluding hydrogens is 436 g/mol. The van der Waals surface area contributed by atoms with E-state index in [-0.39, 0.29) is 15.8 Å². The lowest BCUT2D eigenvalue weighted by atomic mass is 10.1. The molecule has 0 bridgehead atoms. The molecule has 1 N–H and O–H groups in total. The molecule has 0 spiro atoms. The second kappa shape index (κ2) is 9.25. The van der Waals surface area contributed by atoms with Gasteiger partial charge in [-0.3, -0.25) is 4.79 Å². The molecule has 1 aromatic carbocycles. The summed E-state index contributed by atoms with van der Waals surface area (Å²) < 4.78 is 31.9. The van der Waals surface area contributed by atoms with Crippen LogP contribution in [0.25, 0.3) is 0 Å². The van der Waals surface area contributed by atoms with E-state index < -0.39 is 28.5 Å². The number of hydrogen-bond acceptors (Lipinski definition) is 6. The van der Waals surface area contributed by atoms with E-state index in [1.807, 2.05) is 0 Å². The van der Waals surface area contributed by atoms with E-state index in [0.29, 0.717) is 18.1 Å². The minimum atomic E-state index is -3.74. The van der Waals surface area contributed by atoms with E-state index in [0.717, 1.165) is 29.7 Å². The number of benzene rings is 1. The van der Waals surface area contributed by atoms with Gasteiger partial charge in [-0.15, -0.1) is 11.3 Å². The number of rotatable bonds is 7. The summed E-state index contributed by atoms with van der Waals surface area (Å²) in [4.78, 5) is 24.4. The lowest BCUT2D eigenvalue weighted by Crippen LogP contribution is -2.31. The molecule has 0 saturated carbocycles. The van der Waals surface area contributed by atoms with Gasteiger partial charge in [0.25, 0.3) is 5.91 Å². The van der Waals surface area contributed by atoms with Crippen molar-refractivity contribution in [2.75, 3.05) is 19.7 Å². The normalized spacial score (nSPS) is 15.8. The smallest absolute Gasteiger partial charge is 0.350 e. The molecule has 3 rings (SSSR count). The highest BCUT2D eigenvalue weighted by Gasteiger charge is 2.32. The first-order valence-corrected chi connectivity index (χ1v) is 11.8. The highest BCUT2D eigenvalue weighted by Crippen LogP contribution is 2.28. The van der Waals surface area contributed by atoms with E-state index in [1.54, 1.807) is 31.2 Å². The molecule has 7 nitrogen and oxygen atoms in total. The Morgan fingerprint density at radius 2 is 1.86 bits per heavy atom. The van der Waals surface area contributed by atoms with E-state index in [4.69, 9.17) is 16.3 Å². The van der Waals surface area contributed by atoms with Crippen LogP contribution in [0.3, 0.4) is 0 Å². The molecule has 1 aliphatic heterocycles. The second-order valence-corrected chi connectivity index (χ2v) is 9.90. The molecule has 10 heteroatoms. The van der Waals surface area contributed by atoms with Crippen molar-refractivity contribution in [1.29, 1.82) is 0 Å². The van der Waals surface area contributed by atoms with Crippen molar-refractivity contribution in [2.45, 2.75) is 30.7 Å². The molecule has 0 radical (unpaired) electrons. The summed E-state index contributed by atoms with van der Waals surface area (Å²) >= 11 is 6.83. The molecule has 2 aromatic rings. The zero-order chi connectivity index (χ0) is 21.0. The number of carbonyl (C=O) groups is 2. The molecule has 1 saturated heterocycles. The van der Waals surface area contributed by atoms with Crippen LogP contribution in [-0.4, -0.2) is 44.3 Å². The van der Waals surface area contributed by atoms with Gasteiger partial charge in [0, 0.05) is 18.1 Å². The zero-order valence-corrected chi connectivity index (χ0v) is 18.1. The lowest BCUT2D eigenvalue weighted by Gasteiger charge is -2.16. The summed E-state index contributed by atoms with van der Waals surface area (Å²) in [7, 11) is -3.74. The van der Waals surface area contributed by atoms with Crippen LogP contribution in [0.5, 0.6) is 0 Å². The van der Waals surface area contributed by atoms with Gasteiger partial charge in [0.15, 0.2) is 6.61 Å². The number of thiophene rings is 1. The summed E-state index contributed by atoms with van der Waals surface area (Å²) in [5.41, 5.74) is 0.853. The average Bonchev–Trinajstić information content (AvgIpc) is 3.38. The molecule has 2 heterocycles. The number of nitrogens with one attached hydrogen (secondary N) is 1. The van der Waals surface area contributed by atoms with Gasteiger partial charge in [-0.1, -0.05) is 23.7 Å². The van der Waals surface area contributed by atoms with E-state index in [1.165, 1.54) is 15.8 Å². The molecule has 0 aliphatic carbocycles. The van der Waals surface area contributed by atoms with Crippen molar-refractivity contribution in [1.82, 2.24) is 9.62 Å². The van der Waals surface area contributed by atoms with Gasteiger partial charge in [-0.25, -0.2) is 13.2 Å². The first kappa shape index (κ1) is 21.8. The first-order valence-electron chi connectivity index (χ1n) is 9.08. The maximum Gasteiger partial charge on any atom is 0.350 e. The highest BCUT2D eigenvalue weighted by molar-refractivity contribution is 7.89. The Morgan fingerprint density at radius 3 is 2.52 bits per heavy atom. The Hall–Kier alpha value is -1.94. The fourth-order valence-corrected chi connectivity index (χ4v) is 5.96. The quantitative estimate of drug-likeness (QED) is 0.646. The number of nitrogens with zero attached hydrogens (tertiary/aromatic N) is 1. The van der Waals surface area contributed by atoms with Gasteiger partial charge < -0.3 is 10.1 Å². The Kier molecular flexibility index (Phi) is 6.94. The molecule has 156 valence electrons. The Balaban J connectivity index is 1.59. The van der Waals surface area contributed by atoms with Gasteiger partial charge in [0.1, 0.15) is 9.77 Å². The average molecular weight is 457 g/mol. The van der Waals surface area contributed by atoms with E-state index in [9.17, 15) is 18.0 Å². The number of hydrogen-bond donors (Lipinski definition) is 1. The molecule has 1 fully saturated rings. The topological polar surface area (TPSA) is 92.8 Å². The van der Waals surface area contributed by atoms with Crippen molar-refractivity contribution in [3.63, 3.8) is 0 Å². The van der Waals surface area contributed by atoms with E-state index in [2.05, 4.69) is 5.32 Å². The molecule has 1 unspecified atom stereocenters. The molecule has 1 aliphatic rings. The van der Waals surface area contributed by atoms with Crippen LogP contribution < -0.4 is 5.32 Å². The third kappa shape index (κ3) is 5.16. The molecule has 1 aromatic heterocycles. The van der Waals surface area contributed by atoms with Crippen LogP contribution in [0, 0.1) is 0 Å². The largest absolute Gasteiger partial charge is 0.451 e. The maximum atomic E-state index is 12.7. The van der Waals surface area contributed by atoms with Crippen LogP contribution in [0.4, 0.5) is 0 Å². The first-order chi connectivity index (χ1) is 13.8. The maximum absolute atomic E-state index is 12.7. The van der Waals surface area contributed by atoms with Crippen molar-refractivity contribution in [3.8, 4) is 0 Å². The highest BCUT2D eigenvalue weighted by atomic mass is 35.5. The summed E-state index contributed by atoms with van der Waals surface area (Å²) in [6.45, 7) is 2.18. The Labute approximate surface area is 178 Å². The van der Waals surface area contributed by atoms with Gasteiger partial charge in [0.05, 0.1) is 6.04 Å². The van der Waals surface area contributed by atoms with Gasteiger partial charge in [-0.2, -0.15) is 4.31 Å². The predicted molar refractivity (Wildman–Crippen MR) is 111 cm³/mol. The number of sulfonamides is 1. The monoisotopic (exact) mass is 456 g/mol. The summed E-state index contributed by atoms with van der Waals surface area (Å²) in [5.74, 6) is -1.31. The SMILES string of the molecule is CC(NC(=O)COC(=O)c1sccc1S(=O)(=O)N1CCCC1)c1ccc(Cl)cc1. The minimum absolute atomic E-state index is 0.0181. The lowest BCUT2D eigenvalue weighted by molar-refractivity contribution is -0.124. The standard InChI is InChI=1S/C19H21ClN2O5S2/c1-13(14-4-6-15(20)7-5-14)21-17(23)12-27-19(24)18-16(8-11-28-18)29(25,26)22-9-2-3-10-22/h4-8,11,13H,2-3,9-10,12H2,1H3,(H,21,23). The zero-order valence-electron chi connectivity index (χ0n) is 15.8. The van der Waals surface area contributed by atoms with Crippen LogP contribution in [0.2, 0.25) is 5.02 Å². The summed E-state index contributed by atoms with van der Waals surface area (Å²) in [6.07, 6.45) is 1.60. The van der Waals surface area contributed by atoms with Crippen LogP contribution in [0.15, 0.2) is 40.6 Å². The van der Waals surface area contributed by atoms with Gasteiger partial charge in [-0.05, 0) is 48.9 Å². The van der Waals surface area contributed by atoms with Crippen molar-refractivity contribution < 1.29 is 22.7 Å². The fraction of sp³-hybridized carbons (Fsp3) is 0.368. The number of ether oxygens (including phenoxy) is 1. The number of esters is 1. The third-order valence-electron chi connectivity index (χ3n) is 4.58. The van der Waals surface area contributed by atoms with Crippen LogP contribution in [0.1, 0.15) is 41.0 Å². The molecule has 1 atom stereocenters. The number of halogens is 1. The van der Waals surface area contributed by atoms with Gasteiger partial charge in [0.2, 0.25) is 10.0 Å². The predicted octanol–water partition coefficient (Wildman–Crippen LogP) is 3.22. The van der Waals surface area contributed by atoms with Gasteiger partial charge >= 0.3 is 5.97 Å². The molecule has 1 amide bonds. The number of carbonyl (C=O) groups excluding carboxylic acids is 2. The summed E-state index contributed by atoms with van der Waals surface area (Å²) in [6, 6.07) is 8.13. The third-order valence-corrected chi connectivity index (χ3v) is 7.80. The summed E-state index contributed by atoms with van der Waals surface area (Å²) in [5, 5.41) is 4.85. The fourth-order valence-electron chi connectivity index (χ4n) is 3.03. The van der Waals surface area contributed by atoms with Crippen molar-refractivity contribution >= 4 is 44.8 Å². The van der Waals surface area contributed by atoms with E-state index >= 15 is 0 Å². The van der Waals surface area contributed by atoms with Crippen molar-refractivity contribution in [3.05, 3.63) is 51.2 Å². The van der Waals surface area contributed by atoms with Crippen LogP contribution in [-0.2, 0) is 19.6 Å². The Bertz CT molecular complexity index is 982. The van der Waals surface area contributed by atoms with Crippen molar-refractivity contribution in [2.24, 2.45) is 0 Å². The van der Waals surface area contributed by atoms with Crippen LogP contribution >= 0.6 is 22.9 Å². The minimum Gasteiger partial charge on any atom is -0.451 e. The second-order valence-electron chi connectivity index (χ2n) is 6.64. The number of amides is 1. The molecule has 29 heavy (non-hydrogen) atoms.